The van der Waals surface area contributed by atoms with Gasteiger partial charge in [0.15, 0.2) is 0 Å². The highest BCUT2D eigenvalue weighted by Crippen LogP contribution is 2.39. The van der Waals surface area contributed by atoms with Gasteiger partial charge >= 0.3 is 0 Å². The van der Waals surface area contributed by atoms with E-state index < -0.39 is 17.7 Å². The number of benzene rings is 1. The average Bonchev–Trinajstić information content (AvgIpc) is 3.12. The van der Waals surface area contributed by atoms with E-state index in [-0.39, 0.29) is 11.3 Å². The maximum atomic E-state index is 13.1. The van der Waals surface area contributed by atoms with E-state index in [1.54, 1.807) is 47.6 Å². The van der Waals surface area contributed by atoms with Crippen molar-refractivity contribution in [1.29, 1.82) is 0 Å². The fourth-order valence-corrected chi connectivity index (χ4v) is 4.15. The molecule has 1 aromatic carbocycles. The zero-order chi connectivity index (χ0) is 23.2. The van der Waals surface area contributed by atoms with Crippen LogP contribution in [0.15, 0.2) is 54.4 Å². The van der Waals surface area contributed by atoms with E-state index in [0.717, 1.165) is 19.5 Å². The largest absolute Gasteiger partial charge is 0.507 e. The molecule has 2 aliphatic heterocycles. The van der Waals surface area contributed by atoms with E-state index in [1.165, 1.54) is 0 Å². The second-order valence-electron chi connectivity index (χ2n) is 8.11. The molecule has 3 heterocycles. The summed E-state index contributed by atoms with van der Waals surface area (Å²) < 4.78 is 11.0. The summed E-state index contributed by atoms with van der Waals surface area (Å²) in [5, 5.41) is 11.1. The van der Waals surface area contributed by atoms with E-state index in [4.69, 9.17) is 9.47 Å². The lowest BCUT2D eigenvalue weighted by Gasteiger charge is -2.30. The Hall–Kier alpha value is -3.23. The van der Waals surface area contributed by atoms with Gasteiger partial charge in [-0.1, -0.05) is 13.0 Å². The highest BCUT2D eigenvalue weighted by Gasteiger charge is 2.46. The summed E-state index contributed by atoms with van der Waals surface area (Å²) in [6.07, 6.45) is 4.16. The summed E-state index contributed by atoms with van der Waals surface area (Å²) >= 11 is 0. The predicted octanol–water partition coefficient (Wildman–Crippen LogP) is 2.62. The number of aromatic nitrogens is 1. The Bertz CT molecular complexity index is 1000. The molecule has 174 valence electrons. The minimum absolute atomic E-state index is 0.0807. The Balaban J connectivity index is 1.66. The van der Waals surface area contributed by atoms with Crippen LogP contribution in [-0.2, 0) is 14.3 Å². The molecule has 1 unspecified atom stereocenters. The molecule has 8 heteroatoms. The summed E-state index contributed by atoms with van der Waals surface area (Å²) in [5.41, 5.74) is 1.22. The lowest BCUT2D eigenvalue weighted by Crippen LogP contribution is -2.42. The number of carbonyl (C=O) groups is 2. The maximum Gasteiger partial charge on any atom is 0.295 e. The third kappa shape index (κ3) is 5.07. The first kappa shape index (κ1) is 22.9. The first-order chi connectivity index (χ1) is 16.1. The Morgan fingerprint density at radius 3 is 2.58 bits per heavy atom. The van der Waals surface area contributed by atoms with Crippen molar-refractivity contribution in [2.24, 2.45) is 0 Å². The van der Waals surface area contributed by atoms with Gasteiger partial charge in [-0.3, -0.25) is 19.5 Å². The lowest BCUT2D eigenvalue weighted by molar-refractivity contribution is -0.140. The van der Waals surface area contributed by atoms with Crippen molar-refractivity contribution in [3.63, 3.8) is 0 Å². The van der Waals surface area contributed by atoms with E-state index >= 15 is 0 Å². The Morgan fingerprint density at radius 2 is 1.91 bits per heavy atom. The van der Waals surface area contributed by atoms with Gasteiger partial charge < -0.3 is 19.5 Å². The molecule has 1 atom stereocenters. The SMILES string of the molecule is CCCOc1ccc(/C(O)=C2\C(=O)C(=O)N(CCN3CCOCC3)C2c2cccnc2)cc1. The zero-order valence-corrected chi connectivity index (χ0v) is 18.8. The molecule has 8 nitrogen and oxygen atoms in total. The predicted molar refractivity (Wildman–Crippen MR) is 123 cm³/mol. The van der Waals surface area contributed by atoms with Crippen LogP contribution >= 0.6 is 0 Å². The number of rotatable bonds is 8. The third-order valence-electron chi connectivity index (χ3n) is 5.90. The van der Waals surface area contributed by atoms with Crippen LogP contribution in [0.5, 0.6) is 5.75 Å². The summed E-state index contributed by atoms with van der Waals surface area (Å²) in [6, 6.07) is 9.77. The van der Waals surface area contributed by atoms with Crippen molar-refractivity contribution in [1.82, 2.24) is 14.8 Å². The van der Waals surface area contributed by atoms with Crippen LogP contribution in [0.2, 0.25) is 0 Å². The van der Waals surface area contributed by atoms with Crippen molar-refractivity contribution >= 4 is 17.4 Å². The smallest absolute Gasteiger partial charge is 0.295 e. The number of likely N-dealkylation sites (tertiary alicyclic amines) is 1. The number of aliphatic hydroxyl groups excluding tert-OH is 1. The van der Waals surface area contributed by atoms with E-state index in [9.17, 15) is 14.7 Å². The fourth-order valence-electron chi connectivity index (χ4n) is 4.15. The van der Waals surface area contributed by atoms with Crippen molar-refractivity contribution in [2.45, 2.75) is 19.4 Å². The van der Waals surface area contributed by atoms with Gasteiger partial charge in [-0.25, -0.2) is 0 Å². The van der Waals surface area contributed by atoms with Crippen molar-refractivity contribution in [3.8, 4) is 5.75 Å². The van der Waals surface area contributed by atoms with Gasteiger partial charge in [-0.05, 0) is 42.3 Å². The molecule has 1 N–H and O–H groups in total. The van der Waals surface area contributed by atoms with Crippen LogP contribution in [0.1, 0.15) is 30.5 Å². The number of hydrogen-bond donors (Lipinski definition) is 1. The molecule has 1 aromatic heterocycles. The molecule has 2 aliphatic rings. The number of Topliss-reactive ketones (excluding diaryl/α,β-unsaturated/α-hetero) is 1. The molecule has 0 aliphatic carbocycles. The number of hydrogen-bond acceptors (Lipinski definition) is 7. The van der Waals surface area contributed by atoms with Gasteiger partial charge in [-0.15, -0.1) is 0 Å². The van der Waals surface area contributed by atoms with Gasteiger partial charge in [0.25, 0.3) is 11.7 Å². The van der Waals surface area contributed by atoms with Crippen molar-refractivity contribution < 1.29 is 24.2 Å². The normalized spacial score (nSPS) is 20.9. The topological polar surface area (TPSA) is 92.2 Å². The van der Waals surface area contributed by atoms with Crippen LogP contribution in [0.3, 0.4) is 0 Å². The first-order valence-electron chi connectivity index (χ1n) is 11.3. The number of aliphatic hydroxyl groups is 1. The number of nitrogens with zero attached hydrogens (tertiary/aromatic N) is 3. The van der Waals surface area contributed by atoms with Crippen molar-refractivity contribution in [3.05, 3.63) is 65.5 Å². The van der Waals surface area contributed by atoms with Gasteiger partial charge in [0, 0.05) is 44.1 Å². The summed E-state index contributed by atoms with van der Waals surface area (Å²) in [6.45, 7) is 6.49. The number of ether oxygens (including phenoxy) is 2. The van der Waals surface area contributed by atoms with Crippen LogP contribution in [0, 0.1) is 0 Å². The molecule has 0 radical (unpaired) electrons. The second-order valence-corrected chi connectivity index (χ2v) is 8.11. The molecular formula is C25H29N3O5. The molecular weight excluding hydrogens is 422 g/mol. The number of pyridine rings is 1. The summed E-state index contributed by atoms with van der Waals surface area (Å²) in [4.78, 5) is 34.0. The van der Waals surface area contributed by atoms with Crippen LogP contribution in [0.4, 0.5) is 0 Å². The summed E-state index contributed by atoms with van der Waals surface area (Å²) in [5.74, 6) is -0.808. The Kier molecular flexibility index (Phi) is 7.36. The van der Waals surface area contributed by atoms with Gasteiger partial charge in [0.05, 0.1) is 31.4 Å². The lowest BCUT2D eigenvalue weighted by atomic mass is 9.96. The molecule has 2 fully saturated rings. The van der Waals surface area contributed by atoms with Gasteiger partial charge in [-0.2, -0.15) is 0 Å². The number of morpholine rings is 1. The highest BCUT2D eigenvalue weighted by atomic mass is 16.5. The van der Waals surface area contributed by atoms with E-state index in [2.05, 4.69) is 9.88 Å². The van der Waals surface area contributed by atoms with E-state index in [0.29, 0.717) is 49.8 Å². The van der Waals surface area contributed by atoms with Gasteiger partial charge in [0.2, 0.25) is 0 Å². The average molecular weight is 452 g/mol. The van der Waals surface area contributed by atoms with Crippen LogP contribution < -0.4 is 4.74 Å². The zero-order valence-electron chi connectivity index (χ0n) is 18.8. The fraction of sp³-hybridized carbons (Fsp3) is 0.400. The number of ketones is 1. The first-order valence-corrected chi connectivity index (χ1v) is 11.3. The van der Waals surface area contributed by atoms with Crippen LogP contribution in [0.25, 0.3) is 5.76 Å². The van der Waals surface area contributed by atoms with E-state index in [1.807, 2.05) is 13.0 Å². The molecule has 0 bridgehead atoms. The third-order valence-corrected chi connectivity index (χ3v) is 5.90. The molecule has 33 heavy (non-hydrogen) atoms. The Morgan fingerprint density at radius 1 is 1.15 bits per heavy atom. The Labute approximate surface area is 193 Å². The monoisotopic (exact) mass is 451 g/mol. The maximum absolute atomic E-state index is 13.1. The number of carbonyl (C=O) groups excluding carboxylic acids is 2. The number of amides is 1. The van der Waals surface area contributed by atoms with Crippen LogP contribution in [-0.4, -0.2) is 77.6 Å². The standard InChI is InChI=1S/C25H29N3O5/c1-2-14-33-20-7-5-18(6-8-20)23(29)21-22(19-4-3-9-26-17-19)28(25(31)24(21)30)11-10-27-12-15-32-16-13-27/h3-9,17,22,29H,2,10-16H2,1H3/b23-21+. The second kappa shape index (κ2) is 10.6. The quantitative estimate of drug-likeness (QED) is 0.375. The minimum atomic E-state index is -0.698. The molecule has 4 rings (SSSR count). The van der Waals surface area contributed by atoms with Gasteiger partial charge in [0.1, 0.15) is 11.5 Å². The summed E-state index contributed by atoms with van der Waals surface area (Å²) in [7, 11) is 0. The minimum Gasteiger partial charge on any atom is -0.507 e. The molecule has 2 aromatic rings. The molecule has 2 saturated heterocycles. The highest BCUT2D eigenvalue weighted by molar-refractivity contribution is 6.46. The molecule has 1 amide bonds. The van der Waals surface area contributed by atoms with Crippen molar-refractivity contribution in [2.75, 3.05) is 46.0 Å². The molecule has 0 saturated carbocycles. The molecule has 0 spiro atoms.